The number of nitrogens with zero attached hydrogens (tertiary/aromatic N) is 7. The molecule has 3 aromatic heterocycles. The van der Waals surface area contributed by atoms with E-state index in [2.05, 4.69) is 20.2 Å². The van der Waals surface area contributed by atoms with Crippen molar-refractivity contribution in [3.63, 3.8) is 0 Å². The molecule has 33 heavy (non-hydrogen) atoms. The van der Waals surface area contributed by atoms with Crippen molar-refractivity contribution in [2.24, 2.45) is 0 Å². The summed E-state index contributed by atoms with van der Waals surface area (Å²) < 4.78 is 30.5. The Morgan fingerprint density at radius 2 is 1.85 bits per heavy atom. The van der Waals surface area contributed by atoms with Crippen LogP contribution in [0.25, 0.3) is 17.2 Å². The first-order valence-electron chi connectivity index (χ1n) is 10.5. The first-order chi connectivity index (χ1) is 15.7. The zero-order valence-corrected chi connectivity index (χ0v) is 20.6. The van der Waals surface area contributed by atoms with Crippen molar-refractivity contribution in [1.82, 2.24) is 33.5 Å². The van der Waals surface area contributed by atoms with Gasteiger partial charge in [0.25, 0.3) is 0 Å². The molecule has 0 saturated carbocycles. The third kappa shape index (κ3) is 4.45. The molecular weight excluding hydrogens is 460 g/mol. The van der Waals surface area contributed by atoms with E-state index in [0.717, 1.165) is 17.1 Å². The third-order valence-electron chi connectivity index (χ3n) is 5.26. The lowest BCUT2D eigenvalue weighted by Crippen LogP contribution is -2.30. The van der Waals surface area contributed by atoms with Crippen LogP contribution in [0.1, 0.15) is 30.9 Å². The largest absolute Gasteiger partial charge is 0.335 e. The fourth-order valence-electron chi connectivity index (χ4n) is 3.61. The Morgan fingerprint density at radius 1 is 1.09 bits per heavy atom. The van der Waals surface area contributed by atoms with Crippen LogP contribution >= 0.6 is 11.8 Å². The average Bonchev–Trinajstić information content (AvgIpc) is 3.36. The molecule has 3 heterocycles. The van der Waals surface area contributed by atoms with Gasteiger partial charge in [-0.15, -0.1) is 10.2 Å². The third-order valence-corrected chi connectivity index (χ3v) is 8.28. The number of hydrogen-bond acceptors (Lipinski definition) is 8. The molecular formula is C21H26N8O2S2. The van der Waals surface area contributed by atoms with E-state index in [-0.39, 0.29) is 4.90 Å². The van der Waals surface area contributed by atoms with Crippen molar-refractivity contribution in [3.8, 4) is 11.4 Å². The van der Waals surface area contributed by atoms with Crippen LogP contribution in [-0.4, -0.2) is 55.1 Å². The number of sulfonamides is 1. The zero-order chi connectivity index (χ0) is 23.8. The van der Waals surface area contributed by atoms with Crippen LogP contribution in [0, 0.1) is 13.8 Å². The summed E-state index contributed by atoms with van der Waals surface area (Å²) >= 11 is 1.40. The van der Waals surface area contributed by atoms with Crippen molar-refractivity contribution in [2.75, 3.05) is 18.9 Å². The highest BCUT2D eigenvalue weighted by Crippen LogP contribution is 2.26. The number of nitrogen functional groups attached to an aromatic ring is 1. The average molecular weight is 487 g/mol. The van der Waals surface area contributed by atoms with Crippen molar-refractivity contribution in [1.29, 1.82) is 0 Å². The summed E-state index contributed by atoms with van der Waals surface area (Å²) in [6.07, 6.45) is 1.95. The maximum Gasteiger partial charge on any atom is 0.243 e. The second kappa shape index (κ2) is 9.12. The normalized spacial score (nSPS) is 12.2. The molecule has 0 radical (unpaired) electrons. The summed E-state index contributed by atoms with van der Waals surface area (Å²) in [4.78, 5) is 9.23. The number of hydrogen-bond donors (Lipinski definition) is 1. The summed E-state index contributed by atoms with van der Waals surface area (Å²) in [7, 11) is -3.59. The van der Waals surface area contributed by atoms with Crippen molar-refractivity contribution < 1.29 is 8.42 Å². The monoisotopic (exact) mass is 486 g/mol. The highest BCUT2D eigenvalue weighted by molar-refractivity contribution is 7.98. The van der Waals surface area contributed by atoms with Gasteiger partial charge in [-0.25, -0.2) is 23.1 Å². The Balaban J connectivity index is 1.57. The van der Waals surface area contributed by atoms with E-state index in [1.54, 1.807) is 24.3 Å². The molecule has 0 saturated heterocycles. The quantitative estimate of drug-likeness (QED) is 0.298. The number of benzene rings is 1. The van der Waals surface area contributed by atoms with Crippen LogP contribution in [0.15, 0.2) is 46.6 Å². The van der Waals surface area contributed by atoms with Crippen LogP contribution in [0.3, 0.4) is 0 Å². The molecule has 0 aliphatic carbocycles. The fraction of sp³-hybridized carbons (Fsp3) is 0.333. The number of imidazole rings is 1. The maximum absolute atomic E-state index is 12.9. The minimum atomic E-state index is -3.59. The molecule has 0 atom stereocenters. The summed E-state index contributed by atoms with van der Waals surface area (Å²) in [5, 5.41) is 8.89. The van der Waals surface area contributed by atoms with Crippen LogP contribution in [0.4, 0.5) is 0 Å². The molecule has 2 N–H and O–H groups in total. The molecule has 0 aliphatic rings. The van der Waals surface area contributed by atoms with E-state index in [0.29, 0.717) is 41.2 Å². The van der Waals surface area contributed by atoms with Crippen LogP contribution < -0.4 is 5.84 Å². The second-order valence-corrected chi connectivity index (χ2v) is 10.4. The lowest BCUT2D eigenvalue weighted by molar-refractivity contribution is 0.445. The van der Waals surface area contributed by atoms with Gasteiger partial charge in [0, 0.05) is 42.0 Å². The molecule has 10 nitrogen and oxygen atoms in total. The Hall–Kier alpha value is -2.96. The summed E-state index contributed by atoms with van der Waals surface area (Å²) in [5.74, 6) is 7.84. The number of aromatic nitrogens is 6. The van der Waals surface area contributed by atoms with Gasteiger partial charge in [0.2, 0.25) is 21.0 Å². The maximum atomic E-state index is 12.9. The molecule has 0 unspecified atom stereocenters. The molecule has 0 spiro atoms. The van der Waals surface area contributed by atoms with E-state index >= 15 is 0 Å². The molecule has 1 aromatic carbocycles. The molecule has 4 aromatic rings. The van der Waals surface area contributed by atoms with Crippen molar-refractivity contribution >= 4 is 27.6 Å². The molecule has 0 aliphatic heterocycles. The topological polar surface area (TPSA) is 124 Å². The molecule has 0 amide bonds. The van der Waals surface area contributed by atoms with E-state index < -0.39 is 10.0 Å². The minimum Gasteiger partial charge on any atom is -0.335 e. The van der Waals surface area contributed by atoms with Gasteiger partial charge in [-0.05, 0) is 32.0 Å². The van der Waals surface area contributed by atoms with E-state index in [1.165, 1.54) is 20.7 Å². The summed E-state index contributed by atoms with van der Waals surface area (Å²) in [5.41, 5.74) is 3.40. The smallest absolute Gasteiger partial charge is 0.243 e. The van der Waals surface area contributed by atoms with Gasteiger partial charge in [0.15, 0.2) is 5.82 Å². The highest BCUT2D eigenvalue weighted by atomic mass is 32.2. The van der Waals surface area contributed by atoms with Gasteiger partial charge in [-0.3, -0.25) is 4.40 Å². The number of fused-ring (bicyclic) bond motifs is 1. The van der Waals surface area contributed by atoms with Crippen molar-refractivity contribution in [2.45, 2.75) is 43.5 Å². The molecule has 0 fully saturated rings. The summed E-state index contributed by atoms with van der Waals surface area (Å²) in [6, 6.07) is 8.60. The van der Waals surface area contributed by atoms with Gasteiger partial charge in [0.05, 0.1) is 10.6 Å². The Bertz CT molecular complexity index is 1410. The lowest BCUT2D eigenvalue weighted by Gasteiger charge is -2.18. The number of rotatable bonds is 8. The predicted molar refractivity (Wildman–Crippen MR) is 128 cm³/mol. The molecule has 0 bridgehead atoms. The standard InChI is InChI=1S/C21H26N8O2S2/c1-5-27(6-2)33(30,31)18-9-7-8-16(11-18)19-25-26-21(29(19)22)32-13-17-12-28-15(4)10-14(3)23-20(28)24-17/h7-12H,5-6,13,22H2,1-4H3. The number of thioether (sulfide) groups is 1. The molecule has 174 valence electrons. The second-order valence-electron chi connectivity index (χ2n) is 7.52. The van der Waals surface area contributed by atoms with Gasteiger partial charge in [-0.1, -0.05) is 37.7 Å². The number of nitrogens with two attached hydrogens (primary N) is 1. The van der Waals surface area contributed by atoms with Crippen LogP contribution in [0.2, 0.25) is 0 Å². The zero-order valence-electron chi connectivity index (χ0n) is 18.9. The molecule has 12 heteroatoms. The first-order valence-corrected chi connectivity index (χ1v) is 12.9. The van der Waals surface area contributed by atoms with E-state index in [1.807, 2.05) is 44.4 Å². The van der Waals surface area contributed by atoms with Crippen molar-refractivity contribution in [3.05, 3.63) is 53.6 Å². The van der Waals surface area contributed by atoms with Crippen LogP contribution in [-0.2, 0) is 15.8 Å². The number of aryl methyl sites for hydroxylation is 2. The lowest BCUT2D eigenvalue weighted by atomic mass is 10.2. The highest BCUT2D eigenvalue weighted by Gasteiger charge is 2.23. The summed E-state index contributed by atoms with van der Waals surface area (Å²) in [6.45, 7) is 8.37. The Kier molecular flexibility index (Phi) is 6.41. The van der Waals surface area contributed by atoms with E-state index in [9.17, 15) is 8.42 Å². The van der Waals surface area contributed by atoms with E-state index in [4.69, 9.17) is 5.84 Å². The van der Waals surface area contributed by atoms with Gasteiger partial charge in [-0.2, -0.15) is 4.31 Å². The van der Waals surface area contributed by atoms with Gasteiger partial charge in [0.1, 0.15) is 0 Å². The fourth-order valence-corrected chi connectivity index (χ4v) is 5.85. The minimum absolute atomic E-state index is 0.198. The Morgan fingerprint density at radius 3 is 2.58 bits per heavy atom. The first kappa shape index (κ1) is 23.2. The predicted octanol–water partition coefficient (Wildman–Crippen LogP) is 2.64. The van der Waals surface area contributed by atoms with Gasteiger partial charge >= 0.3 is 0 Å². The van der Waals surface area contributed by atoms with Gasteiger partial charge < -0.3 is 5.84 Å². The van der Waals surface area contributed by atoms with Crippen LogP contribution in [0.5, 0.6) is 0 Å². The Labute approximate surface area is 196 Å². The molecule has 4 rings (SSSR count). The SMILES string of the molecule is CCN(CC)S(=O)(=O)c1cccc(-c2nnc(SCc3cn4c(C)cc(C)nc4n3)n2N)c1.